The molecule has 1 aromatic rings. The minimum Gasteiger partial charge on any atom is -0.465 e. The van der Waals surface area contributed by atoms with Gasteiger partial charge in [-0.1, -0.05) is 0 Å². The third-order valence-corrected chi connectivity index (χ3v) is 2.68. The summed E-state index contributed by atoms with van der Waals surface area (Å²) >= 11 is 3.39. The summed E-state index contributed by atoms with van der Waals surface area (Å²) in [6.45, 7) is 0.679. The van der Waals surface area contributed by atoms with Gasteiger partial charge < -0.3 is 15.4 Å². The number of hydrogen-bond acceptors (Lipinski definition) is 4. The maximum atomic E-state index is 11.3. The molecule has 0 bridgehead atoms. The van der Waals surface area contributed by atoms with Gasteiger partial charge in [0, 0.05) is 4.47 Å². The highest BCUT2D eigenvalue weighted by Gasteiger charge is 2.16. The third kappa shape index (κ3) is 1.43. The van der Waals surface area contributed by atoms with Gasteiger partial charge in [-0.2, -0.15) is 0 Å². The highest BCUT2D eigenvalue weighted by molar-refractivity contribution is 9.10. The van der Waals surface area contributed by atoms with Crippen LogP contribution in [0.15, 0.2) is 16.6 Å². The highest BCUT2D eigenvalue weighted by atomic mass is 79.9. The Balaban J connectivity index is 2.46. The first-order valence-corrected chi connectivity index (χ1v) is 4.91. The molecule has 0 aromatic heterocycles. The van der Waals surface area contributed by atoms with Gasteiger partial charge in [-0.05, 0) is 28.1 Å². The van der Waals surface area contributed by atoms with E-state index in [0.717, 1.165) is 15.8 Å². The molecule has 1 aliphatic rings. The normalized spacial score (nSPS) is 12.7. The molecule has 0 spiro atoms. The zero-order valence-corrected chi connectivity index (χ0v) is 9.14. The Labute approximate surface area is 89.8 Å². The van der Waals surface area contributed by atoms with Crippen LogP contribution < -0.4 is 10.6 Å². The van der Waals surface area contributed by atoms with Crippen LogP contribution in [0.2, 0.25) is 0 Å². The lowest BCUT2D eigenvalue weighted by atomic mass is 10.2. The molecule has 74 valence electrons. The maximum absolute atomic E-state index is 11.3. The first-order chi connectivity index (χ1) is 6.72. The minimum absolute atomic E-state index is 0.331. The minimum atomic E-state index is -0.331. The zero-order chi connectivity index (χ0) is 10.1. The van der Waals surface area contributed by atoms with Gasteiger partial charge in [-0.15, -0.1) is 0 Å². The Hall–Kier alpha value is -1.23. The van der Waals surface area contributed by atoms with Gasteiger partial charge in [0.25, 0.3) is 0 Å². The number of carbonyl (C=O) groups excluding carboxylic acids is 1. The van der Waals surface area contributed by atoms with Gasteiger partial charge in [0.15, 0.2) is 0 Å². The molecule has 2 N–H and O–H groups in total. The van der Waals surface area contributed by atoms with E-state index in [4.69, 9.17) is 0 Å². The Morgan fingerprint density at radius 3 is 3.00 bits per heavy atom. The average Bonchev–Trinajstić information content (AvgIpc) is 2.64. The molecule has 1 aromatic carbocycles. The summed E-state index contributed by atoms with van der Waals surface area (Å²) in [5.74, 6) is -0.331. The molecule has 4 nitrogen and oxygen atoms in total. The molecule has 1 aliphatic heterocycles. The Bertz CT molecular complexity index is 393. The van der Waals surface area contributed by atoms with E-state index in [1.54, 1.807) is 12.1 Å². The van der Waals surface area contributed by atoms with Crippen molar-refractivity contribution in [3.8, 4) is 0 Å². The van der Waals surface area contributed by atoms with Crippen LogP contribution in [0.25, 0.3) is 0 Å². The van der Waals surface area contributed by atoms with Crippen LogP contribution in [0.4, 0.5) is 11.4 Å². The van der Waals surface area contributed by atoms with Gasteiger partial charge in [0.1, 0.15) is 0 Å². The van der Waals surface area contributed by atoms with Crippen LogP contribution in [0.3, 0.4) is 0 Å². The van der Waals surface area contributed by atoms with Crippen LogP contribution in [-0.4, -0.2) is 19.7 Å². The monoisotopic (exact) mass is 256 g/mol. The van der Waals surface area contributed by atoms with Crippen molar-refractivity contribution in [2.75, 3.05) is 24.4 Å². The number of carbonyl (C=O) groups is 1. The van der Waals surface area contributed by atoms with E-state index in [2.05, 4.69) is 31.3 Å². The van der Waals surface area contributed by atoms with E-state index in [-0.39, 0.29) is 5.97 Å². The lowest BCUT2D eigenvalue weighted by Crippen LogP contribution is -2.01. The molecule has 2 rings (SSSR count). The molecule has 0 radical (unpaired) electrons. The van der Waals surface area contributed by atoms with Crippen molar-refractivity contribution in [1.82, 2.24) is 0 Å². The number of benzene rings is 1. The first-order valence-electron chi connectivity index (χ1n) is 4.12. The number of nitrogens with one attached hydrogen (secondary N) is 2. The van der Waals surface area contributed by atoms with Gasteiger partial charge in [-0.3, -0.25) is 0 Å². The van der Waals surface area contributed by atoms with Crippen molar-refractivity contribution in [3.05, 3.63) is 22.2 Å². The van der Waals surface area contributed by atoms with Crippen molar-refractivity contribution >= 4 is 33.3 Å². The molecule has 0 saturated heterocycles. The lowest BCUT2D eigenvalue weighted by Gasteiger charge is -2.05. The number of fused-ring (bicyclic) bond motifs is 1. The molecule has 14 heavy (non-hydrogen) atoms. The van der Waals surface area contributed by atoms with Crippen molar-refractivity contribution in [2.24, 2.45) is 0 Å². The fourth-order valence-electron chi connectivity index (χ4n) is 1.39. The highest BCUT2D eigenvalue weighted by Crippen LogP contribution is 2.35. The number of rotatable bonds is 1. The van der Waals surface area contributed by atoms with Crippen LogP contribution in [0.1, 0.15) is 10.4 Å². The molecular formula is C9H9BrN2O2. The smallest absolute Gasteiger partial charge is 0.337 e. The number of esters is 1. The van der Waals surface area contributed by atoms with Crippen LogP contribution in [0, 0.1) is 0 Å². The Morgan fingerprint density at radius 2 is 2.29 bits per heavy atom. The zero-order valence-electron chi connectivity index (χ0n) is 7.56. The molecule has 0 fully saturated rings. The predicted molar refractivity (Wildman–Crippen MR) is 57.6 cm³/mol. The number of hydrogen-bond donors (Lipinski definition) is 2. The van der Waals surface area contributed by atoms with Crippen LogP contribution in [0.5, 0.6) is 0 Å². The van der Waals surface area contributed by atoms with E-state index in [0.29, 0.717) is 12.2 Å². The van der Waals surface area contributed by atoms with Crippen molar-refractivity contribution in [1.29, 1.82) is 0 Å². The van der Waals surface area contributed by atoms with E-state index < -0.39 is 0 Å². The summed E-state index contributed by atoms with van der Waals surface area (Å²) in [5.41, 5.74) is 2.44. The van der Waals surface area contributed by atoms with Crippen molar-refractivity contribution < 1.29 is 9.53 Å². The Kier molecular flexibility index (Phi) is 2.33. The van der Waals surface area contributed by atoms with Gasteiger partial charge in [0.2, 0.25) is 0 Å². The summed E-state index contributed by atoms with van der Waals surface area (Å²) in [6.07, 6.45) is 0. The first kappa shape index (κ1) is 9.33. The summed E-state index contributed by atoms with van der Waals surface area (Å²) in [5, 5.41) is 6.25. The average molecular weight is 257 g/mol. The summed E-state index contributed by atoms with van der Waals surface area (Å²) in [6, 6.07) is 3.51. The molecule has 0 aliphatic carbocycles. The van der Waals surface area contributed by atoms with Crippen LogP contribution in [-0.2, 0) is 4.74 Å². The van der Waals surface area contributed by atoms with E-state index >= 15 is 0 Å². The van der Waals surface area contributed by atoms with E-state index in [1.165, 1.54) is 7.11 Å². The summed E-state index contributed by atoms with van der Waals surface area (Å²) in [7, 11) is 1.37. The molecule has 0 amide bonds. The second-order valence-electron chi connectivity index (χ2n) is 2.90. The van der Waals surface area contributed by atoms with Gasteiger partial charge in [-0.25, -0.2) is 4.79 Å². The number of ether oxygens (including phenoxy) is 1. The maximum Gasteiger partial charge on any atom is 0.337 e. The van der Waals surface area contributed by atoms with Gasteiger partial charge >= 0.3 is 5.97 Å². The summed E-state index contributed by atoms with van der Waals surface area (Å²) in [4.78, 5) is 11.3. The quantitative estimate of drug-likeness (QED) is 0.756. The van der Waals surface area contributed by atoms with E-state index in [1.807, 2.05) is 0 Å². The van der Waals surface area contributed by atoms with Crippen molar-refractivity contribution in [3.63, 3.8) is 0 Å². The predicted octanol–water partition coefficient (Wildman–Crippen LogP) is 2.03. The third-order valence-electron chi connectivity index (χ3n) is 2.06. The second-order valence-corrected chi connectivity index (χ2v) is 3.76. The lowest BCUT2D eigenvalue weighted by molar-refractivity contribution is 0.0601. The van der Waals surface area contributed by atoms with E-state index in [9.17, 15) is 4.79 Å². The number of halogens is 1. The fraction of sp³-hybridized carbons (Fsp3) is 0.222. The Morgan fingerprint density at radius 1 is 1.50 bits per heavy atom. The standard InChI is InChI=1S/C9H9BrN2O2/c1-14-9(13)5-2-6(10)8-7(3-5)11-4-12-8/h2-3,11-12H,4H2,1H3. The molecule has 0 atom stereocenters. The molecular weight excluding hydrogens is 248 g/mol. The number of methoxy groups -OCH3 is 1. The molecule has 0 saturated carbocycles. The molecule has 1 heterocycles. The molecule has 0 unspecified atom stereocenters. The molecule has 5 heteroatoms. The second kappa shape index (κ2) is 3.49. The topological polar surface area (TPSA) is 50.4 Å². The number of anilines is 2. The van der Waals surface area contributed by atoms with Crippen molar-refractivity contribution in [2.45, 2.75) is 0 Å². The fourth-order valence-corrected chi connectivity index (χ4v) is 1.99. The largest absolute Gasteiger partial charge is 0.465 e. The summed E-state index contributed by atoms with van der Waals surface area (Å²) < 4.78 is 5.50. The van der Waals surface area contributed by atoms with Gasteiger partial charge in [0.05, 0.1) is 30.7 Å². The SMILES string of the molecule is COC(=O)c1cc(Br)c2c(c1)NCN2. The van der Waals surface area contributed by atoms with Crippen LogP contribution >= 0.6 is 15.9 Å².